The molecule has 1 aromatic carbocycles. The number of hydrogen-bond donors (Lipinski definition) is 3. The fourth-order valence-corrected chi connectivity index (χ4v) is 5.12. The molecule has 3 N–H and O–H groups in total. The van der Waals surface area contributed by atoms with Crippen LogP contribution in [-0.4, -0.2) is 53.8 Å². The number of fused-ring (bicyclic) bond motifs is 1. The first-order valence-corrected chi connectivity index (χ1v) is 13.8. The Labute approximate surface area is 224 Å². The molecule has 0 bridgehead atoms. The fourth-order valence-electron chi connectivity index (χ4n) is 4.26. The van der Waals surface area contributed by atoms with E-state index >= 15 is 0 Å². The summed E-state index contributed by atoms with van der Waals surface area (Å²) in [6.07, 6.45) is 4.12. The lowest BCUT2D eigenvalue weighted by Crippen LogP contribution is -2.20. The molecule has 0 fully saturated rings. The summed E-state index contributed by atoms with van der Waals surface area (Å²) in [6, 6.07) is 10.1. The number of amides is 1. The number of nitrogens with zero attached hydrogens (tertiary/aromatic N) is 3. The van der Waals surface area contributed by atoms with Gasteiger partial charge in [-0.25, -0.2) is 4.98 Å². The molecule has 8 nitrogen and oxygen atoms in total. The van der Waals surface area contributed by atoms with Gasteiger partial charge < -0.3 is 24.8 Å². The molecule has 0 radical (unpaired) electrons. The first-order valence-electron chi connectivity index (χ1n) is 13.0. The normalized spacial score (nSPS) is 15.6. The number of benzene rings is 1. The summed E-state index contributed by atoms with van der Waals surface area (Å²) < 4.78 is 7.86. The van der Waals surface area contributed by atoms with E-state index < -0.39 is 0 Å². The zero-order chi connectivity index (χ0) is 26.6. The molecule has 1 aliphatic heterocycles. The van der Waals surface area contributed by atoms with Gasteiger partial charge in [-0.1, -0.05) is 26.8 Å². The van der Waals surface area contributed by atoms with Crippen molar-refractivity contribution in [3.63, 3.8) is 0 Å². The molecule has 1 unspecified atom stereocenters. The number of thiophene rings is 1. The third-order valence-corrected chi connectivity index (χ3v) is 7.13. The van der Waals surface area contributed by atoms with Gasteiger partial charge in [0.2, 0.25) is 5.95 Å². The maximum absolute atomic E-state index is 13.2. The number of unbranched alkanes of at least 4 members (excludes halogenated alkanes) is 1. The molecular formula is C28H40N6O2S. The van der Waals surface area contributed by atoms with Gasteiger partial charge in [-0.3, -0.25) is 10.1 Å². The molecule has 4 rings (SSSR count). The van der Waals surface area contributed by atoms with E-state index in [9.17, 15) is 4.79 Å². The number of anilines is 1. The average Bonchev–Trinajstić information content (AvgIpc) is 3.54. The SMILES string of the molecule is CC1NC=C(c2ccc(C(=O)Nc3nc4cc(CNCCCCN(C)C)ccc4n3CC(C)(C)C)s2)O1. The van der Waals surface area contributed by atoms with Crippen molar-refractivity contribution in [3.8, 4) is 0 Å². The predicted molar refractivity (Wildman–Crippen MR) is 153 cm³/mol. The molecule has 9 heteroatoms. The number of carbonyl (C=O) groups excluding carboxylic acids is 1. The number of nitrogens with one attached hydrogen (secondary N) is 3. The minimum absolute atomic E-state index is 0.0198. The molecule has 0 saturated heterocycles. The summed E-state index contributed by atoms with van der Waals surface area (Å²) in [7, 11) is 4.22. The summed E-state index contributed by atoms with van der Waals surface area (Å²) in [5.41, 5.74) is 3.12. The Balaban J connectivity index is 1.48. The van der Waals surface area contributed by atoms with Gasteiger partial charge in [0.25, 0.3) is 5.91 Å². The van der Waals surface area contributed by atoms with Gasteiger partial charge in [0.1, 0.15) is 0 Å². The zero-order valence-corrected chi connectivity index (χ0v) is 23.7. The largest absolute Gasteiger partial charge is 0.468 e. The van der Waals surface area contributed by atoms with Crippen molar-refractivity contribution in [2.45, 2.75) is 59.9 Å². The minimum atomic E-state index is -0.166. The van der Waals surface area contributed by atoms with Crippen molar-refractivity contribution in [1.82, 2.24) is 25.1 Å². The minimum Gasteiger partial charge on any atom is -0.468 e. The van der Waals surface area contributed by atoms with Crippen molar-refractivity contribution >= 4 is 40.0 Å². The van der Waals surface area contributed by atoms with E-state index in [4.69, 9.17) is 9.72 Å². The van der Waals surface area contributed by atoms with Crippen LogP contribution < -0.4 is 16.0 Å². The lowest BCUT2D eigenvalue weighted by atomic mass is 9.97. The smallest absolute Gasteiger partial charge is 0.268 e. The highest BCUT2D eigenvalue weighted by Crippen LogP contribution is 2.30. The lowest BCUT2D eigenvalue weighted by molar-refractivity contribution is 0.102. The molecule has 0 spiro atoms. The summed E-state index contributed by atoms with van der Waals surface area (Å²) in [5.74, 6) is 1.17. The summed E-state index contributed by atoms with van der Waals surface area (Å²) >= 11 is 1.41. The number of hydrogen-bond acceptors (Lipinski definition) is 7. The second-order valence-electron chi connectivity index (χ2n) is 11.1. The Kier molecular flexibility index (Phi) is 8.56. The highest BCUT2D eigenvalue weighted by Gasteiger charge is 2.22. The van der Waals surface area contributed by atoms with Crippen molar-refractivity contribution in [2.24, 2.45) is 5.41 Å². The second kappa shape index (κ2) is 11.7. The van der Waals surface area contributed by atoms with Crippen LogP contribution in [0.25, 0.3) is 16.8 Å². The zero-order valence-electron chi connectivity index (χ0n) is 22.9. The quantitative estimate of drug-likeness (QED) is 0.303. The molecule has 0 saturated carbocycles. The first kappa shape index (κ1) is 27.2. The number of aromatic nitrogens is 2. The van der Waals surface area contributed by atoms with Gasteiger partial charge >= 0.3 is 0 Å². The van der Waals surface area contributed by atoms with Gasteiger partial charge in [0.05, 0.1) is 20.8 Å². The van der Waals surface area contributed by atoms with Crippen LogP contribution >= 0.6 is 11.3 Å². The Morgan fingerprint density at radius 3 is 2.73 bits per heavy atom. The van der Waals surface area contributed by atoms with E-state index in [0.29, 0.717) is 10.8 Å². The molecule has 2 aromatic heterocycles. The predicted octanol–water partition coefficient (Wildman–Crippen LogP) is 5.09. The molecule has 0 aliphatic carbocycles. The van der Waals surface area contributed by atoms with Gasteiger partial charge in [-0.05, 0) is 82.2 Å². The Bertz CT molecular complexity index is 1250. The number of carbonyl (C=O) groups is 1. The molecule has 37 heavy (non-hydrogen) atoms. The molecule has 3 aromatic rings. The van der Waals surface area contributed by atoms with Crippen LogP contribution in [0.15, 0.2) is 36.5 Å². The van der Waals surface area contributed by atoms with Crippen molar-refractivity contribution < 1.29 is 9.53 Å². The molecule has 3 heterocycles. The Morgan fingerprint density at radius 2 is 2.03 bits per heavy atom. The fraction of sp³-hybridized carbons (Fsp3) is 0.500. The third-order valence-electron chi connectivity index (χ3n) is 6.03. The molecule has 1 atom stereocenters. The topological polar surface area (TPSA) is 83.5 Å². The Morgan fingerprint density at radius 1 is 1.22 bits per heavy atom. The summed E-state index contributed by atoms with van der Waals surface area (Å²) in [6.45, 7) is 12.2. The van der Waals surface area contributed by atoms with E-state index in [1.54, 1.807) is 0 Å². The molecule has 200 valence electrons. The van der Waals surface area contributed by atoms with Crippen molar-refractivity contribution in [2.75, 3.05) is 32.5 Å². The van der Waals surface area contributed by atoms with Crippen LogP contribution in [0, 0.1) is 5.41 Å². The van der Waals surface area contributed by atoms with Crippen molar-refractivity contribution in [3.05, 3.63) is 51.8 Å². The molecule has 1 amide bonds. The Hall–Kier alpha value is -2.88. The summed E-state index contributed by atoms with van der Waals surface area (Å²) in [4.78, 5) is 21.8. The van der Waals surface area contributed by atoms with Crippen LogP contribution in [0.2, 0.25) is 0 Å². The van der Waals surface area contributed by atoms with Gasteiger partial charge in [0.15, 0.2) is 12.0 Å². The number of ether oxygens (including phenoxy) is 1. The maximum Gasteiger partial charge on any atom is 0.268 e. The van der Waals surface area contributed by atoms with Crippen LogP contribution in [-0.2, 0) is 17.8 Å². The second-order valence-corrected chi connectivity index (χ2v) is 12.2. The third kappa shape index (κ3) is 7.34. The van der Waals surface area contributed by atoms with Gasteiger partial charge in [-0.2, -0.15) is 0 Å². The maximum atomic E-state index is 13.2. The van der Waals surface area contributed by atoms with Crippen LogP contribution in [0.3, 0.4) is 0 Å². The first-order chi connectivity index (χ1) is 17.6. The van der Waals surface area contributed by atoms with Crippen molar-refractivity contribution in [1.29, 1.82) is 0 Å². The van der Waals surface area contributed by atoms with E-state index in [1.807, 2.05) is 25.3 Å². The highest BCUT2D eigenvalue weighted by atomic mass is 32.1. The standard InChI is InChI=1S/C28H40N6O2S/c1-19-30-17-23(36-19)24-11-12-25(37-24)26(35)32-27-31-21-15-20(16-29-13-7-8-14-33(5)6)9-10-22(21)34(27)18-28(2,3)4/h9-12,15,17,19,29-30H,7-8,13-14,16,18H2,1-6H3,(H,31,32,35). The van der Waals surface area contributed by atoms with E-state index in [2.05, 4.69) is 78.5 Å². The summed E-state index contributed by atoms with van der Waals surface area (Å²) in [5, 5.41) is 9.74. The highest BCUT2D eigenvalue weighted by molar-refractivity contribution is 7.15. The van der Waals surface area contributed by atoms with E-state index in [0.717, 1.165) is 54.3 Å². The monoisotopic (exact) mass is 524 g/mol. The average molecular weight is 525 g/mol. The van der Waals surface area contributed by atoms with Crippen LogP contribution in [0.5, 0.6) is 0 Å². The number of imidazole rings is 1. The van der Waals surface area contributed by atoms with Gasteiger partial charge in [-0.15, -0.1) is 11.3 Å². The van der Waals surface area contributed by atoms with E-state index in [1.165, 1.54) is 23.3 Å². The van der Waals surface area contributed by atoms with Gasteiger partial charge in [0, 0.05) is 19.3 Å². The number of rotatable bonds is 11. The molecular weight excluding hydrogens is 484 g/mol. The molecule has 1 aliphatic rings. The van der Waals surface area contributed by atoms with Crippen LogP contribution in [0.4, 0.5) is 5.95 Å². The van der Waals surface area contributed by atoms with E-state index in [-0.39, 0.29) is 17.6 Å². The lowest BCUT2D eigenvalue weighted by Gasteiger charge is -2.21. The van der Waals surface area contributed by atoms with Crippen LogP contribution in [0.1, 0.15) is 60.6 Å².